The van der Waals surface area contributed by atoms with Gasteiger partial charge in [-0.2, -0.15) is 0 Å². The van der Waals surface area contributed by atoms with Crippen LogP contribution in [0.4, 0.5) is 0 Å². The maximum Gasteiger partial charge on any atom is 0.0889 e. The average molecular weight is 214 g/mol. The highest BCUT2D eigenvalue weighted by atomic mass is 16.3. The zero-order valence-corrected chi connectivity index (χ0v) is 9.44. The van der Waals surface area contributed by atoms with Gasteiger partial charge in [-0.3, -0.25) is 9.97 Å². The lowest BCUT2D eigenvalue weighted by atomic mass is 10.1. The van der Waals surface area contributed by atoms with Crippen molar-refractivity contribution in [2.24, 2.45) is 0 Å². The first-order valence-electron chi connectivity index (χ1n) is 5.21. The summed E-state index contributed by atoms with van der Waals surface area (Å²) in [7, 11) is 0. The van der Waals surface area contributed by atoms with E-state index in [4.69, 9.17) is 5.11 Å². The maximum atomic E-state index is 9.07. The third-order valence-electron chi connectivity index (χ3n) is 2.54. The molecule has 3 nitrogen and oxygen atoms in total. The first-order chi connectivity index (χ1) is 7.70. The SMILES string of the molecule is Cc1cccc(-c2cc(C)c(CO)cn2)n1. The molecule has 3 heteroatoms. The molecule has 0 fully saturated rings. The van der Waals surface area contributed by atoms with Crippen LogP contribution >= 0.6 is 0 Å². The molecule has 0 aliphatic carbocycles. The van der Waals surface area contributed by atoms with Crippen LogP contribution < -0.4 is 0 Å². The maximum absolute atomic E-state index is 9.07. The van der Waals surface area contributed by atoms with E-state index in [1.54, 1.807) is 6.20 Å². The number of aryl methyl sites for hydroxylation is 2. The van der Waals surface area contributed by atoms with Crippen molar-refractivity contribution in [3.8, 4) is 11.4 Å². The second kappa shape index (κ2) is 4.41. The van der Waals surface area contributed by atoms with E-state index in [0.29, 0.717) is 0 Å². The molecular formula is C13H14N2O. The second-order valence-electron chi connectivity index (χ2n) is 3.82. The van der Waals surface area contributed by atoms with Gasteiger partial charge >= 0.3 is 0 Å². The summed E-state index contributed by atoms with van der Waals surface area (Å²) in [6.45, 7) is 3.95. The lowest BCUT2D eigenvalue weighted by molar-refractivity contribution is 0.280. The Bertz CT molecular complexity index is 509. The van der Waals surface area contributed by atoms with E-state index in [-0.39, 0.29) is 6.61 Å². The van der Waals surface area contributed by atoms with E-state index in [9.17, 15) is 0 Å². The molecule has 0 bridgehead atoms. The van der Waals surface area contributed by atoms with Crippen molar-refractivity contribution in [1.29, 1.82) is 0 Å². The van der Waals surface area contributed by atoms with Crippen molar-refractivity contribution in [2.45, 2.75) is 20.5 Å². The molecule has 0 spiro atoms. The van der Waals surface area contributed by atoms with E-state index >= 15 is 0 Å². The lowest BCUT2D eigenvalue weighted by Gasteiger charge is -2.05. The Balaban J connectivity index is 2.45. The summed E-state index contributed by atoms with van der Waals surface area (Å²) < 4.78 is 0. The van der Waals surface area contributed by atoms with Gasteiger partial charge in [0, 0.05) is 11.9 Å². The average Bonchev–Trinajstić information content (AvgIpc) is 2.29. The minimum atomic E-state index is 0.0281. The minimum Gasteiger partial charge on any atom is -0.392 e. The number of aliphatic hydroxyl groups excluding tert-OH is 1. The second-order valence-corrected chi connectivity index (χ2v) is 3.82. The fourth-order valence-corrected chi connectivity index (χ4v) is 1.58. The van der Waals surface area contributed by atoms with Crippen molar-refractivity contribution in [2.75, 3.05) is 0 Å². The van der Waals surface area contributed by atoms with Gasteiger partial charge in [0.15, 0.2) is 0 Å². The number of hydrogen-bond acceptors (Lipinski definition) is 3. The monoisotopic (exact) mass is 214 g/mol. The molecule has 2 aromatic heterocycles. The van der Waals surface area contributed by atoms with Crippen LogP contribution in [0.5, 0.6) is 0 Å². The van der Waals surface area contributed by atoms with Crippen LogP contribution in [0.2, 0.25) is 0 Å². The van der Waals surface area contributed by atoms with Gasteiger partial charge in [0.2, 0.25) is 0 Å². The molecule has 0 saturated heterocycles. The molecular weight excluding hydrogens is 200 g/mol. The molecule has 0 aliphatic heterocycles. The molecule has 2 aromatic rings. The van der Waals surface area contributed by atoms with Gasteiger partial charge in [-0.05, 0) is 43.2 Å². The fraction of sp³-hybridized carbons (Fsp3) is 0.231. The van der Waals surface area contributed by atoms with Gasteiger partial charge < -0.3 is 5.11 Å². The Morgan fingerprint density at radius 3 is 2.62 bits per heavy atom. The summed E-state index contributed by atoms with van der Waals surface area (Å²) in [6, 6.07) is 7.81. The van der Waals surface area contributed by atoms with Gasteiger partial charge in [-0.15, -0.1) is 0 Å². The van der Waals surface area contributed by atoms with Crippen molar-refractivity contribution in [3.63, 3.8) is 0 Å². The van der Waals surface area contributed by atoms with Crippen LogP contribution in [-0.2, 0) is 6.61 Å². The van der Waals surface area contributed by atoms with Gasteiger partial charge in [0.1, 0.15) is 0 Å². The van der Waals surface area contributed by atoms with E-state index in [1.165, 1.54) is 0 Å². The summed E-state index contributed by atoms with van der Waals surface area (Å²) >= 11 is 0. The summed E-state index contributed by atoms with van der Waals surface area (Å²) in [4.78, 5) is 8.71. The van der Waals surface area contributed by atoms with Gasteiger partial charge in [-0.25, -0.2) is 0 Å². The zero-order chi connectivity index (χ0) is 11.5. The highest BCUT2D eigenvalue weighted by Gasteiger charge is 2.04. The molecule has 0 radical (unpaired) electrons. The summed E-state index contributed by atoms with van der Waals surface area (Å²) in [5.74, 6) is 0. The third kappa shape index (κ3) is 2.09. The number of hydrogen-bond donors (Lipinski definition) is 1. The number of rotatable bonds is 2. The van der Waals surface area contributed by atoms with Gasteiger partial charge in [0.25, 0.3) is 0 Å². The van der Waals surface area contributed by atoms with Crippen LogP contribution in [0.15, 0.2) is 30.5 Å². The Kier molecular flexibility index (Phi) is 2.97. The lowest BCUT2D eigenvalue weighted by Crippen LogP contribution is -1.94. The quantitative estimate of drug-likeness (QED) is 0.834. The van der Waals surface area contributed by atoms with Crippen molar-refractivity contribution in [1.82, 2.24) is 9.97 Å². The van der Waals surface area contributed by atoms with E-state index in [0.717, 1.165) is 28.2 Å². The molecule has 1 N–H and O–H groups in total. The number of pyridine rings is 2. The van der Waals surface area contributed by atoms with Crippen molar-refractivity contribution >= 4 is 0 Å². The van der Waals surface area contributed by atoms with E-state index in [2.05, 4.69) is 9.97 Å². The molecule has 0 atom stereocenters. The molecule has 2 rings (SSSR count). The normalized spacial score (nSPS) is 10.4. The van der Waals surface area contributed by atoms with Crippen molar-refractivity contribution < 1.29 is 5.11 Å². The smallest absolute Gasteiger partial charge is 0.0889 e. The zero-order valence-electron chi connectivity index (χ0n) is 9.44. The van der Waals surface area contributed by atoms with Crippen molar-refractivity contribution in [3.05, 3.63) is 47.3 Å². The summed E-state index contributed by atoms with van der Waals surface area (Å²) in [5.41, 5.74) is 4.58. The Morgan fingerprint density at radius 2 is 2.00 bits per heavy atom. The van der Waals surface area contributed by atoms with Crippen LogP contribution in [0.25, 0.3) is 11.4 Å². The first-order valence-corrected chi connectivity index (χ1v) is 5.21. The van der Waals surface area contributed by atoms with Crippen LogP contribution in [0.3, 0.4) is 0 Å². The molecule has 2 heterocycles. The summed E-state index contributed by atoms with van der Waals surface area (Å²) in [5, 5.41) is 9.07. The fourth-order valence-electron chi connectivity index (χ4n) is 1.58. The van der Waals surface area contributed by atoms with Crippen LogP contribution in [0, 0.1) is 13.8 Å². The number of aliphatic hydroxyl groups is 1. The molecule has 0 saturated carbocycles. The predicted molar refractivity (Wildman–Crippen MR) is 62.9 cm³/mol. The van der Waals surface area contributed by atoms with Gasteiger partial charge in [0.05, 0.1) is 18.0 Å². The Labute approximate surface area is 94.8 Å². The Morgan fingerprint density at radius 1 is 1.19 bits per heavy atom. The van der Waals surface area contributed by atoms with Gasteiger partial charge in [-0.1, -0.05) is 6.07 Å². The minimum absolute atomic E-state index is 0.0281. The molecule has 0 aliphatic rings. The van der Waals surface area contributed by atoms with Crippen LogP contribution in [0.1, 0.15) is 16.8 Å². The van der Waals surface area contributed by atoms with E-state index < -0.39 is 0 Å². The number of aromatic nitrogens is 2. The largest absolute Gasteiger partial charge is 0.392 e. The highest BCUT2D eigenvalue weighted by Crippen LogP contribution is 2.17. The molecule has 0 aromatic carbocycles. The van der Waals surface area contributed by atoms with Crippen LogP contribution in [-0.4, -0.2) is 15.1 Å². The molecule has 16 heavy (non-hydrogen) atoms. The number of nitrogens with zero attached hydrogens (tertiary/aromatic N) is 2. The predicted octanol–water partition coefficient (Wildman–Crippen LogP) is 2.25. The topological polar surface area (TPSA) is 46.0 Å². The highest BCUT2D eigenvalue weighted by molar-refractivity contribution is 5.55. The standard InChI is InChI=1S/C13H14N2O/c1-9-6-13(14-7-11(9)8-16)12-5-3-4-10(2)15-12/h3-7,16H,8H2,1-2H3. The Hall–Kier alpha value is -1.74. The molecule has 0 amide bonds. The summed E-state index contributed by atoms with van der Waals surface area (Å²) in [6.07, 6.45) is 1.70. The molecule has 82 valence electrons. The third-order valence-corrected chi connectivity index (χ3v) is 2.54. The van der Waals surface area contributed by atoms with E-state index in [1.807, 2.05) is 38.1 Å². The molecule has 0 unspecified atom stereocenters. The first kappa shape index (κ1) is 10.8.